The van der Waals surface area contributed by atoms with Crippen molar-refractivity contribution in [2.45, 2.75) is 0 Å². The highest BCUT2D eigenvalue weighted by atomic mass is 35.5. The van der Waals surface area contributed by atoms with Crippen LogP contribution < -0.4 is 0 Å². The fraction of sp³-hybridized carbons (Fsp3) is 0.133. The largest absolute Gasteiger partial charge is 0.465 e. The van der Waals surface area contributed by atoms with Crippen LogP contribution in [-0.2, 0) is 11.8 Å². The topological polar surface area (TPSA) is 57.0 Å². The molecule has 0 saturated carbocycles. The molecule has 0 aliphatic rings. The van der Waals surface area contributed by atoms with E-state index in [1.54, 1.807) is 30.6 Å². The monoisotopic (exact) mass is 301 g/mol. The van der Waals surface area contributed by atoms with Crippen LogP contribution in [0.3, 0.4) is 0 Å². The van der Waals surface area contributed by atoms with Gasteiger partial charge in [-0.05, 0) is 18.2 Å². The second-order valence-electron chi connectivity index (χ2n) is 4.55. The Bertz CT molecular complexity index is 842. The molecular formula is C15H12ClN3O2. The number of carbonyl (C=O) groups excluding carboxylic acids is 1. The first-order valence-corrected chi connectivity index (χ1v) is 6.64. The quantitative estimate of drug-likeness (QED) is 0.683. The molecule has 0 aliphatic heterocycles. The first-order chi connectivity index (χ1) is 10.1. The van der Waals surface area contributed by atoms with Crippen molar-refractivity contribution < 1.29 is 9.53 Å². The predicted molar refractivity (Wildman–Crippen MR) is 80.3 cm³/mol. The number of nitrogens with zero attached hydrogens (tertiary/aromatic N) is 3. The van der Waals surface area contributed by atoms with E-state index >= 15 is 0 Å². The standard InChI is InChI=1S/C15H12ClN3O2/c1-19-13-8-17-6-5-12(13)18-14(19)9-3-4-10(11(16)7-9)15(20)21-2/h3-8H,1-2H3. The van der Waals surface area contributed by atoms with Gasteiger partial charge in [0.05, 0.1) is 34.9 Å². The normalized spacial score (nSPS) is 10.8. The van der Waals surface area contributed by atoms with E-state index in [2.05, 4.69) is 14.7 Å². The van der Waals surface area contributed by atoms with Crippen molar-refractivity contribution in [2.24, 2.45) is 7.05 Å². The molecular weight excluding hydrogens is 290 g/mol. The SMILES string of the molecule is COC(=O)c1ccc(-c2nc3ccncc3n2C)cc1Cl. The molecule has 106 valence electrons. The van der Waals surface area contributed by atoms with E-state index in [0.717, 1.165) is 22.4 Å². The van der Waals surface area contributed by atoms with Crippen LogP contribution in [0.5, 0.6) is 0 Å². The number of fused-ring (bicyclic) bond motifs is 1. The number of benzene rings is 1. The van der Waals surface area contributed by atoms with E-state index in [4.69, 9.17) is 11.6 Å². The van der Waals surface area contributed by atoms with Crippen molar-refractivity contribution in [3.63, 3.8) is 0 Å². The molecule has 1 aromatic carbocycles. The zero-order valence-electron chi connectivity index (χ0n) is 11.5. The fourth-order valence-corrected chi connectivity index (χ4v) is 2.48. The molecule has 0 saturated heterocycles. The number of esters is 1. The Morgan fingerprint density at radius 3 is 2.81 bits per heavy atom. The number of aromatic nitrogens is 3. The van der Waals surface area contributed by atoms with E-state index in [1.807, 2.05) is 17.7 Å². The molecule has 3 rings (SSSR count). The minimum Gasteiger partial charge on any atom is -0.465 e. The van der Waals surface area contributed by atoms with Gasteiger partial charge in [-0.3, -0.25) is 4.98 Å². The molecule has 0 radical (unpaired) electrons. The second-order valence-corrected chi connectivity index (χ2v) is 4.95. The van der Waals surface area contributed by atoms with Crippen LogP contribution in [0.25, 0.3) is 22.4 Å². The summed E-state index contributed by atoms with van der Waals surface area (Å²) in [6.45, 7) is 0. The van der Waals surface area contributed by atoms with E-state index in [9.17, 15) is 4.79 Å². The minimum absolute atomic E-state index is 0.336. The number of methoxy groups -OCH3 is 1. The van der Waals surface area contributed by atoms with Crippen LogP contribution in [-0.4, -0.2) is 27.6 Å². The summed E-state index contributed by atoms with van der Waals surface area (Å²) in [6.07, 6.45) is 3.46. The third kappa shape index (κ3) is 2.25. The van der Waals surface area contributed by atoms with E-state index in [0.29, 0.717) is 10.6 Å². The van der Waals surface area contributed by atoms with Crippen LogP contribution in [0.4, 0.5) is 0 Å². The molecule has 0 atom stereocenters. The number of imidazole rings is 1. The molecule has 0 aliphatic carbocycles. The Kier molecular flexibility index (Phi) is 3.35. The summed E-state index contributed by atoms with van der Waals surface area (Å²) in [5, 5.41) is 0.338. The van der Waals surface area contributed by atoms with Crippen molar-refractivity contribution in [3.8, 4) is 11.4 Å². The molecule has 0 fully saturated rings. The molecule has 2 heterocycles. The molecule has 0 N–H and O–H groups in total. The average Bonchev–Trinajstić information content (AvgIpc) is 2.84. The Hall–Kier alpha value is -2.40. The average molecular weight is 302 g/mol. The van der Waals surface area contributed by atoms with Crippen LogP contribution in [0, 0.1) is 0 Å². The zero-order chi connectivity index (χ0) is 15.0. The summed E-state index contributed by atoms with van der Waals surface area (Å²) >= 11 is 6.15. The summed E-state index contributed by atoms with van der Waals surface area (Å²) < 4.78 is 6.62. The smallest absolute Gasteiger partial charge is 0.339 e. The van der Waals surface area contributed by atoms with Crippen LogP contribution in [0.15, 0.2) is 36.7 Å². The number of pyridine rings is 1. The summed E-state index contributed by atoms with van der Waals surface area (Å²) in [4.78, 5) is 20.2. The van der Waals surface area contributed by atoms with Gasteiger partial charge in [0.25, 0.3) is 0 Å². The maximum Gasteiger partial charge on any atom is 0.339 e. The Balaban J connectivity index is 2.13. The van der Waals surface area contributed by atoms with Crippen LogP contribution >= 0.6 is 11.6 Å². The van der Waals surface area contributed by atoms with Crippen molar-refractivity contribution in [1.82, 2.24) is 14.5 Å². The highest BCUT2D eigenvalue weighted by molar-refractivity contribution is 6.33. The number of hydrogen-bond donors (Lipinski definition) is 0. The lowest BCUT2D eigenvalue weighted by molar-refractivity contribution is 0.0601. The van der Waals surface area contributed by atoms with Crippen molar-refractivity contribution in [3.05, 3.63) is 47.2 Å². The first kappa shape index (κ1) is 13.6. The fourth-order valence-electron chi connectivity index (χ4n) is 2.22. The number of rotatable bonds is 2. The van der Waals surface area contributed by atoms with Crippen LogP contribution in [0.1, 0.15) is 10.4 Å². The summed E-state index contributed by atoms with van der Waals surface area (Å²) in [6, 6.07) is 7.00. The molecule has 0 amide bonds. The Morgan fingerprint density at radius 2 is 2.14 bits per heavy atom. The van der Waals surface area contributed by atoms with Gasteiger partial charge in [0.1, 0.15) is 5.82 Å². The maximum atomic E-state index is 11.6. The number of carbonyl (C=O) groups is 1. The van der Waals surface area contributed by atoms with E-state index in [1.165, 1.54) is 7.11 Å². The van der Waals surface area contributed by atoms with Gasteiger partial charge in [0.15, 0.2) is 0 Å². The molecule has 0 bridgehead atoms. The number of hydrogen-bond acceptors (Lipinski definition) is 4. The number of ether oxygens (including phenoxy) is 1. The lowest BCUT2D eigenvalue weighted by Crippen LogP contribution is -2.02. The molecule has 2 aromatic heterocycles. The van der Waals surface area contributed by atoms with Gasteiger partial charge in [-0.15, -0.1) is 0 Å². The summed E-state index contributed by atoms with van der Waals surface area (Å²) in [5.74, 6) is 0.303. The Morgan fingerprint density at radius 1 is 1.33 bits per heavy atom. The molecule has 3 aromatic rings. The number of aryl methyl sites for hydroxylation is 1. The molecule has 0 unspecified atom stereocenters. The van der Waals surface area contributed by atoms with Gasteiger partial charge in [-0.1, -0.05) is 17.7 Å². The maximum absolute atomic E-state index is 11.6. The molecule has 6 heteroatoms. The lowest BCUT2D eigenvalue weighted by atomic mass is 10.1. The van der Waals surface area contributed by atoms with Crippen LogP contribution in [0.2, 0.25) is 5.02 Å². The zero-order valence-corrected chi connectivity index (χ0v) is 12.3. The highest BCUT2D eigenvalue weighted by Gasteiger charge is 2.14. The van der Waals surface area contributed by atoms with Gasteiger partial charge >= 0.3 is 5.97 Å². The molecule has 0 spiro atoms. The van der Waals surface area contributed by atoms with E-state index in [-0.39, 0.29) is 0 Å². The third-order valence-electron chi connectivity index (χ3n) is 3.32. The van der Waals surface area contributed by atoms with Crippen molar-refractivity contribution in [1.29, 1.82) is 0 Å². The van der Waals surface area contributed by atoms with Crippen molar-refractivity contribution in [2.75, 3.05) is 7.11 Å². The minimum atomic E-state index is -0.458. The Labute approximate surface area is 126 Å². The number of halogens is 1. The predicted octanol–water partition coefficient (Wildman–Crippen LogP) is 3.08. The summed E-state index contributed by atoms with van der Waals surface area (Å²) in [7, 11) is 3.24. The van der Waals surface area contributed by atoms with Gasteiger partial charge in [-0.25, -0.2) is 9.78 Å². The lowest BCUT2D eigenvalue weighted by Gasteiger charge is -2.06. The van der Waals surface area contributed by atoms with Gasteiger partial charge in [0.2, 0.25) is 0 Å². The summed E-state index contributed by atoms with van der Waals surface area (Å²) in [5.41, 5.74) is 2.95. The van der Waals surface area contributed by atoms with Gasteiger partial charge in [-0.2, -0.15) is 0 Å². The first-order valence-electron chi connectivity index (χ1n) is 6.26. The third-order valence-corrected chi connectivity index (χ3v) is 3.63. The second kappa shape index (κ2) is 5.18. The van der Waals surface area contributed by atoms with Gasteiger partial charge < -0.3 is 9.30 Å². The van der Waals surface area contributed by atoms with E-state index < -0.39 is 5.97 Å². The molecule has 21 heavy (non-hydrogen) atoms. The highest BCUT2D eigenvalue weighted by Crippen LogP contribution is 2.27. The van der Waals surface area contributed by atoms with Crippen molar-refractivity contribution >= 4 is 28.6 Å². The molecule has 5 nitrogen and oxygen atoms in total. The van der Waals surface area contributed by atoms with Gasteiger partial charge in [0, 0.05) is 18.8 Å².